The molecule has 1 heterocycles. The molecule has 1 atom stereocenters. The van der Waals surface area contributed by atoms with E-state index in [1.54, 1.807) is 43.2 Å². The molecule has 2 rings (SSSR count). The van der Waals surface area contributed by atoms with E-state index in [-0.39, 0.29) is 0 Å². The van der Waals surface area contributed by atoms with Crippen LogP contribution >= 0.6 is 0 Å². The number of aromatic nitrogens is 2. The van der Waals surface area contributed by atoms with Crippen molar-refractivity contribution in [2.24, 2.45) is 7.05 Å². The predicted molar refractivity (Wildman–Crippen MR) is 69.8 cm³/mol. The van der Waals surface area contributed by atoms with Crippen molar-refractivity contribution in [3.05, 3.63) is 52.9 Å². The number of aryl methyl sites for hydroxylation is 2. The molecule has 0 aliphatic heterocycles. The second-order valence-electron chi connectivity index (χ2n) is 4.54. The van der Waals surface area contributed by atoms with Gasteiger partial charge in [0, 0.05) is 24.4 Å². The first-order valence-electron chi connectivity index (χ1n) is 6.21. The monoisotopic (exact) mass is 265 g/mol. The Morgan fingerprint density at radius 3 is 2.63 bits per heavy atom. The van der Waals surface area contributed by atoms with Crippen LogP contribution in [0.4, 0.5) is 8.78 Å². The van der Waals surface area contributed by atoms with Gasteiger partial charge in [-0.3, -0.25) is 4.68 Å². The van der Waals surface area contributed by atoms with E-state index in [2.05, 4.69) is 10.4 Å². The van der Waals surface area contributed by atoms with Crippen LogP contribution < -0.4 is 5.32 Å². The van der Waals surface area contributed by atoms with Gasteiger partial charge in [0.2, 0.25) is 0 Å². The normalized spacial score (nSPS) is 12.7. The van der Waals surface area contributed by atoms with Gasteiger partial charge in [0.1, 0.15) is 0 Å². The van der Waals surface area contributed by atoms with Crippen molar-refractivity contribution in [2.45, 2.75) is 19.9 Å². The average Bonchev–Trinajstić information content (AvgIpc) is 2.81. The topological polar surface area (TPSA) is 29.9 Å². The molecule has 0 spiro atoms. The van der Waals surface area contributed by atoms with Crippen LogP contribution in [-0.2, 0) is 7.05 Å². The minimum atomic E-state index is -0.796. The second-order valence-corrected chi connectivity index (χ2v) is 4.54. The van der Waals surface area contributed by atoms with Gasteiger partial charge in [-0.1, -0.05) is 19.1 Å². The third kappa shape index (κ3) is 2.66. The zero-order valence-corrected chi connectivity index (χ0v) is 11.2. The predicted octanol–water partition coefficient (Wildman–Crippen LogP) is 2.71. The van der Waals surface area contributed by atoms with E-state index < -0.39 is 17.7 Å². The van der Waals surface area contributed by atoms with Crippen LogP contribution in [-0.4, -0.2) is 16.3 Å². The average molecular weight is 265 g/mol. The number of nitrogens with zero attached hydrogens (tertiary/aromatic N) is 2. The summed E-state index contributed by atoms with van der Waals surface area (Å²) >= 11 is 0. The molecule has 0 bridgehead atoms. The summed E-state index contributed by atoms with van der Waals surface area (Å²) in [6, 6.07) is 2.82. The van der Waals surface area contributed by atoms with Crippen LogP contribution in [0, 0.1) is 18.6 Å². The van der Waals surface area contributed by atoms with E-state index in [0.717, 1.165) is 5.56 Å². The molecule has 2 aromatic rings. The number of nitrogens with one attached hydrogen (secondary N) is 1. The summed E-state index contributed by atoms with van der Waals surface area (Å²) in [5.74, 6) is -1.58. The first kappa shape index (κ1) is 13.7. The fraction of sp³-hybridized carbons (Fsp3) is 0.357. The van der Waals surface area contributed by atoms with Gasteiger partial charge in [0.15, 0.2) is 11.6 Å². The summed E-state index contributed by atoms with van der Waals surface area (Å²) in [6.07, 6.45) is 3.45. The van der Waals surface area contributed by atoms with Gasteiger partial charge in [-0.15, -0.1) is 0 Å². The Morgan fingerprint density at radius 2 is 2.05 bits per heavy atom. The van der Waals surface area contributed by atoms with Gasteiger partial charge in [-0.25, -0.2) is 8.78 Å². The molecule has 3 nitrogen and oxygen atoms in total. The molecule has 0 aliphatic carbocycles. The highest BCUT2D eigenvalue weighted by molar-refractivity contribution is 5.33. The van der Waals surface area contributed by atoms with Crippen molar-refractivity contribution in [3.8, 4) is 0 Å². The van der Waals surface area contributed by atoms with Crippen molar-refractivity contribution in [3.63, 3.8) is 0 Å². The minimum Gasteiger partial charge on any atom is -0.306 e. The number of hydrogen-bond acceptors (Lipinski definition) is 2. The SMILES string of the molecule is CCNC(c1cnn(C)c1)c1ccc(C)c(F)c1F. The molecule has 0 fully saturated rings. The molecule has 1 N–H and O–H groups in total. The highest BCUT2D eigenvalue weighted by atomic mass is 19.2. The van der Waals surface area contributed by atoms with Crippen LogP contribution in [0.3, 0.4) is 0 Å². The van der Waals surface area contributed by atoms with Crippen molar-refractivity contribution in [2.75, 3.05) is 6.54 Å². The molecular weight excluding hydrogens is 248 g/mol. The number of hydrogen-bond donors (Lipinski definition) is 1. The molecule has 0 aliphatic rings. The molecule has 1 aromatic heterocycles. The van der Waals surface area contributed by atoms with Crippen LogP contribution in [0.1, 0.15) is 29.7 Å². The Morgan fingerprint density at radius 1 is 1.32 bits per heavy atom. The Labute approximate surface area is 111 Å². The lowest BCUT2D eigenvalue weighted by Gasteiger charge is -2.18. The first-order chi connectivity index (χ1) is 9.04. The van der Waals surface area contributed by atoms with E-state index in [1.807, 2.05) is 6.92 Å². The zero-order valence-electron chi connectivity index (χ0n) is 11.2. The number of benzene rings is 1. The molecule has 19 heavy (non-hydrogen) atoms. The summed E-state index contributed by atoms with van der Waals surface area (Å²) in [5.41, 5.74) is 1.42. The maximum atomic E-state index is 14.1. The van der Waals surface area contributed by atoms with Crippen molar-refractivity contribution in [1.82, 2.24) is 15.1 Å². The smallest absolute Gasteiger partial charge is 0.164 e. The Bertz CT molecular complexity index is 578. The fourth-order valence-electron chi connectivity index (χ4n) is 2.08. The molecule has 102 valence electrons. The van der Waals surface area contributed by atoms with E-state index >= 15 is 0 Å². The molecule has 1 aromatic carbocycles. The third-order valence-corrected chi connectivity index (χ3v) is 3.08. The van der Waals surface area contributed by atoms with Crippen molar-refractivity contribution < 1.29 is 8.78 Å². The van der Waals surface area contributed by atoms with Crippen molar-refractivity contribution in [1.29, 1.82) is 0 Å². The molecular formula is C14H17F2N3. The Hall–Kier alpha value is -1.75. The summed E-state index contributed by atoms with van der Waals surface area (Å²) in [6.45, 7) is 4.12. The fourth-order valence-corrected chi connectivity index (χ4v) is 2.08. The van der Waals surface area contributed by atoms with Gasteiger partial charge in [-0.2, -0.15) is 5.10 Å². The molecule has 1 unspecified atom stereocenters. The van der Waals surface area contributed by atoms with E-state index in [9.17, 15) is 8.78 Å². The molecule has 0 amide bonds. The first-order valence-corrected chi connectivity index (χ1v) is 6.21. The van der Waals surface area contributed by atoms with Gasteiger partial charge in [0.25, 0.3) is 0 Å². The van der Waals surface area contributed by atoms with Crippen LogP contribution in [0.15, 0.2) is 24.5 Å². The van der Waals surface area contributed by atoms with Crippen LogP contribution in [0.25, 0.3) is 0 Å². The summed E-state index contributed by atoms with van der Waals surface area (Å²) in [4.78, 5) is 0. The minimum absolute atomic E-state index is 0.304. The largest absolute Gasteiger partial charge is 0.306 e. The van der Waals surface area contributed by atoms with E-state index in [1.165, 1.54) is 0 Å². The lowest BCUT2D eigenvalue weighted by atomic mass is 9.99. The number of rotatable bonds is 4. The van der Waals surface area contributed by atoms with Gasteiger partial charge in [-0.05, 0) is 19.0 Å². The highest BCUT2D eigenvalue weighted by Crippen LogP contribution is 2.26. The lowest BCUT2D eigenvalue weighted by Crippen LogP contribution is -2.23. The number of halogens is 2. The van der Waals surface area contributed by atoms with Crippen molar-refractivity contribution >= 4 is 0 Å². The van der Waals surface area contributed by atoms with Crippen LogP contribution in [0.5, 0.6) is 0 Å². The summed E-state index contributed by atoms with van der Waals surface area (Å²) in [5, 5.41) is 7.23. The Kier molecular flexibility index (Phi) is 3.95. The van der Waals surface area contributed by atoms with Gasteiger partial charge in [0.05, 0.1) is 12.2 Å². The van der Waals surface area contributed by atoms with Gasteiger partial charge < -0.3 is 5.32 Å². The zero-order chi connectivity index (χ0) is 14.0. The standard InChI is InChI=1S/C14H17F2N3/c1-4-17-14(10-7-18-19(3)8-10)11-6-5-9(2)12(15)13(11)16/h5-8,14,17H,4H2,1-3H3. The maximum absolute atomic E-state index is 14.1. The van der Waals surface area contributed by atoms with Gasteiger partial charge >= 0.3 is 0 Å². The summed E-state index contributed by atoms with van der Waals surface area (Å²) in [7, 11) is 1.79. The molecule has 0 saturated heterocycles. The maximum Gasteiger partial charge on any atom is 0.164 e. The van der Waals surface area contributed by atoms with E-state index in [0.29, 0.717) is 17.7 Å². The molecule has 5 heteroatoms. The van der Waals surface area contributed by atoms with Crippen LogP contribution in [0.2, 0.25) is 0 Å². The highest BCUT2D eigenvalue weighted by Gasteiger charge is 2.21. The second kappa shape index (κ2) is 5.48. The summed E-state index contributed by atoms with van der Waals surface area (Å²) < 4.78 is 29.4. The molecule has 0 radical (unpaired) electrons. The lowest BCUT2D eigenvalue weighted by molar-refractivity contribution is 0.478. The Balaban J connectivity index is 2.48. The molecule has 0 saturated carbocycles. The van der Waals surface area contributed by atoms with E-state index in [4.69, 9.17) is 0 Å². The quantitative estimate of drug-likeness (QED) is 0.921. The third-order valence-electron chi connectivity index (χ3n) is 3.08.